The summed E-state index contributed by atoms with van der Waals surface area (Å²) in [5, 5.41) is 2.91. The Bertz CT molecular complexity index is 434. The Morgan fingerprint density at radius 1 is 1.29 bits per heavy atom. The fraction of sp³-hybridized carbons (Fsp3) is 0.0909. The second-order valence-corrected chi connectivity index (χ2v) is 5.65. The Morgan fingerprint density at radius 3 is 2.79 bits per heavy atom. The SMILES string of the molecule is Cc1ccsc1Sc1cccc(Cl)c1. The topological polar surface area (TPSA) is 0 Å². The van der Waals surface area contributed by atoms with Crippen molar-refractivity contribution in [3.63, 3.8) is 0 Å². The molecule has 2 rings (SSSR count). The lowest BCUT2D eigenvalue weighted by molar-refractivity contribution is 1.40. The molecule has 0 amide bonds. The van der Waals surface area contributed by atoms with E-state index in [1.54, 1.807) is 23.1 Å². The van der Waals surface area contributed by atoms with Crippen molar-refractivity contribution in [1.29, 1.82) is 0 Å². The third kappa shape index (κ3) is 2.32. The van der Waals surface area contributed by atoms with Crippen LogP contribution in [0.5, 0.6) is 0 Å². The summed E-state index contributed by atoms with van der Waals surface area (Å²) >= 11 is 9.45. The van der Waals surface area contributed by atoms with Gasteiger partial charge in [0.1, 0.15) is 0 Å². The standard InChI is InChI=1S/C11H9ClS2/c1-8-5-6-13-11(8)14-10-4-2-3-9(12)7-10/h2-7H,1H3. The molecule has 0 aliphatic rings. The van der Waals surface area contributed by atoms with Gasteiger partial charge in [0.2, 0.25) is 0 Å². The van der Waals surface area contributed by atoms with Crippen LogP contribution in [0.3, 0.4) is 0 Å². The van der Waals surface area contributed by atoms with E-state index in [1.165, 1.54) is 14.7 Å². The molecular weight excluding hydrogens is 232 g/mol. The van der Waals surface area contributed by atoms with Gasteiger partial charge in [-0.2, -0.15) is 0 Å². The first-order chi connectivity index (χ1) is 6.75. The van der Waals surface area contributed by atoms with Gasteiger partial charge in [-0.1, -0.05) is 29.4 Å². The average molecular weight is 241 g/mol. The van der Waals surface area contributed by atoms with Crippen LogP contribution in [-0.4, -0.2) is 0 Å². The molecule has 14 heavy (non-hydrogen) atoms. The van der Waals surface area contributed by atoms with Gasteiger partial charge in [-0.25, -0.2) is 0 Å². The largest absolute Gasteiger partial charge is 0.137 e. The van der Waals surface area contributed by atoms with Gasteiger partial charge < -0.3 is 0 Å². The minimum atomic E-state index is 0.796. The maximum Gasteiger partial charge on any atom is 0.0675 e. The summed E-state index contributed by atoms with van der Waals surface area (Å²) in [6, 6.07) is 10.1. The Labute approximate surface area is 96.9 Å². The summed E-state index contributed by atoms with van der Waals surface area (Å²) in [5.41, 5.74) is 1.33. The van der Waals surface area contributed by atoms with Crippen molar-refractivity contribution in [3.8, 4) is 0 Å². The summed E-state index contributed by atoms with van der Waals surface area (Å²) in [4.78, 5) is 1.20. The molecule has 3 heteroatoms. The number of thiophene rings is 1. The molecule has 0 bridgehead atoms. The maximum atomic E-state index is 5.91. The molecule has 0 aliphatic carbocycles. The summed E-state index contributed by atoms with van der Waals surface area (Å²) < 4.78 is 1.34. The zero-order valence-electron chi connectivity index (χ0n) is 7.66. The van der Waals surface area contributed by atoms with E-state index in [-0.39, 0.29) is 0 Å². The van der Waals surface area contributed by atoms with Crippen molar-refractivity contribution in [2.75, 3.05) is 0 Å². The molecule has 2 aromatic rings. The molecule has 0 N–H and O–H groups in total. The van der Waals surface area contributed by atoms with Gasteiger partial charge in [0.15, 0.2) is 0 Å². The minimum absolute atomic E-state index is 0.796. The number of halogens is 1. The molecule has 0 unspecified atom stereocenters. The Morgan fingerprint density at radius 2 is 2.14 bits per heavy atom. The van der Waals surface area contributed by atoms with Gasteiger partial charge in [-0.15, -0.1) is 11.3 Å². The van der Waals surface area contributed by atoms with Crippen LogP contribution >= 0.6 is 34.7 Å². The first-order valence-corrected chi connectivity index (χ1v) is 6.30. The van der Waals surface area contributed by atoms with Crippen molar-refractivity contribution in [1.82, 2.24) is 0 Å². The number of rotatable bonds is 2. The lowest BCUT2D eigenvalue weighted by atomic mass is 10.4. The summed E-state index contributed by atoms with van der Waals surface area (Å²) in [5.74, 6) is 0. The van der Waals surface area contributed by atoms with Crippen LogP contribution in [0.25, 0.3) is 0 Å². The zero-order chi connectivity index (χ0) is 9.97. The molecule has 1 aromatic carbocycles. The van der Waals surface area contributed by atoms with Gasteiger partial charge in [0, 0.05) is 9.92 Å². The monoisotopic (exact) mass is 240 g/mol. The quantitative estimate of drug-likeness (QED) is 0.722. The molecule has 0 spiro atoms. The molecule has 0 saturated heterocycles. The molecule has 0 saturated carbocycles. The number of benzene rings is 1. The van der Waals surface area contributed by atoms with E-state index in [0.29, 0.717) is 0 Å². The third-order valence-electron chi connectivity index (χ3n) is 1.82. The maximum absolute atomic E-state index is 5.91. The van der Waals surface area contributed by atoms with E-state index in [2.05, 4.69) is 24.4 Å². The molecule has 0 fully saturated rings. The summed E-state index contributed by atoms with van der Waals surface area (Å²) in [6.45, 7) is 2.13. The third-order valence-corrected chi connectivity index (χ3v) is 4.40. The second-order valence-electron chi connectivity index (χ2n) is 2.95. The second kappa shape index (κ2) is 4.39. The van der Waals surface area contributed by atoms with Crippen molar-refractivity contribution >= 4 is 34.7 Å². The lowest BCUT2D eigenvalue weighted by Crippen LogP contribution is -1.72. The molecular formula is C11H9ClS2. The minimum Gasteiger partial charge on any atom is -0.137 e. The van der Waals surface area contributed by atoms with Crippen molar-refractivity contribution in [2.24, 2.45) is 0 Å². The van der Waals surface area contributed by atoms with Gasteiger partial charge in [-0.05, 0) is 42.1 Å². The van der Waals surface area contributed by atoms with Gasteiger partial charge >= 0.3 is 0 Å². The molecule has 0 aliphatic heterocycles. The fourth-order valence-electron chi connectivity index (χ4n) is 1.10. The van der Waals surface area contributed by atoms with Crippen molar-refractivity contribution in [3.05, 3.63) is 46.3 Å². The predicted molar refractivity (Wildman–Crippen MR) is 64.6 cm³/mol. The first kappa shape index (κ1) is 10.1. The zero-order valence-corrected chi connectivity index (χ0v) is 10.0. The molecule has 1 aromatic heterocycles. The Balaban J connectivity index is 2.23. The number of aryl methyl sites for hydroxylation is 1. The highest BCUT2D eigenvalue weighted by atomic mass is 35.5. The molecule has 0 radical (unpaired) electrons. The van der Waals surface area contributed by atoms with Crippen LogP contribution < -0.4 is 0 Å². The first-order valence-electron chi connectivity index (χ1n) is 4.23. The predicted octanol–water partition coefficient (Wildman–Crippen LogP) is 4.86. The summed E-state index contributed by atoms with van der Waals surface area (Å²) in [7, 11) is 0. The van der Waals surface area contributed by atoms with Crippen molar-refractivity contribution < 1.29 is 0 Å². The summed E-state index contributed by atoms with van der Waals surface area (Å²) in [6.07, 6.45) is 0. The fourth-order valence-corrected chi connectivity index (χ4v) is 3.43. The van der Waals surface area contributed by atoms with E-state index in [0.717, 1.165) is 5.02 Å². The van der Waals surface area contributed by atoms with E-state index >= 15 is 0 Å². The van der Waals surface area contributed by atoms with Crippen LogP contribution in [0, 0.1) is 6.92 Å². The Kier molecular flexibility index (Phi) is 3.16. The molecule has 0 nitrogen and oxygen atoms in total. The smallest absolute Gasteiger partial charge is 0.0675 e. The highest BCUT2D eigenvalue weighted by molar-refractivity contribution is 8.01. The van der Waals surface area contributed by atoms with Crippen LogP contribution in [0.15, 0.2) is 44.8 Å². The van der Waals surface area contributed by atoms with Crippen LogP contribution in [-0.2, 0) is 0 Å². The van der Waals surface area contributed by atoms with Gasteiger partial charge in [-0.3, -0.25) is 0 Å². The van der Waals surface area contributed by atoms with Crippen LogP contribution in [0.4, 0.5) is 0 Å². The molecule has 1 heterocycles. The molecule has 72 valence electrons. The van der Waals surface area contributed by atoms with E-state index in [4.69, 9.17) is 11.6 Å². The Hall–Kier alpha value is -0.440. The molecule has 0 atom stereocenters. The van der Waals surface area contributed by atoms with Crippen LogP contribution in [0.2, 0.25) is 5.02 Å². The van der Waals surface area contributed by atoms with E-state index in [1.807, 2.05) is 18.2 Å². The average Bonchev–Trinajstić information content (AvgIpc) is 2.52. The number of hydrogen-bond acceptors (Lipinski definition) is 2. The lowest BCUT2D eigenvalue weighted by Gasteiger charge is -2.00. The highest BCUT2D eigenvalue weighted by Gasteiger charge is 2.02. The van der Waals surface area contributed by atoms with E-state index in [9.17, 15) is 0 Å². The van der Waals surface area contributed by atoms with Crippen LogP contribution in [0.1, 0.15) is 5.56 Å². The van der Waals surface area contributed by atoms with Crippen molar-refractivity contribution in [2.45, 2.75) is 16.0 Å². The van der Waals surface area contributed by atoms with Gasteiger partial charge in [0.05, 0.1) is 4.21 Å². The number of hydrogen-bond donors (Lipinski definition) is 0. The normalized spacial score (nSPS) is 10.4. The van der Waals surface area contributed by atoms with E-state index < -0.39 is 0 Å². The highest BCUT2D eigenvalue weighted by Crippen LogP contribution is 2.35. The van der Waals surface area contributed by atoms with Gasteiger partial charge in [0.25, 0.3) is 0 Å².